The smallest absolute Gasteiger partial charge is 0.0904 e. The Morgan fingerprint density at radius 1 is 1.14 bits per heavy atom. The summed E-state index contributed by atoms with van der Waals surface area (Å²) in [6.45, 7) is 4.18. The second kappa shape index (κ2) is 8.02. The van der Waals surface area contributed by atoms with Gasteiger partial charge in [0, 0.05) is 29.7 Å². The molecule has 0 aliphatic carbocycles. The number of halogens is 2. The molecule has 0 rings (SSSR count). The Hall–Kier alpha value is 0.810. The molecule has 14 heavy (non-hydrogen) atoms. The average Bonchev–Trinajstić information content (AvgIpc) is 2.22. The highest BCUT2D eigenvalue weighted by molar-refractivity contribution is 7.64. The van der Waals surface area contributed by atoms with Crippen molar-refractivity contribution in [2.45, 2.75) is 38.8 Å². The van der Waals surface area contributed by atoms with Crippen LogP contribution in [0, 0.1) is 0 Å². The van der Waals surface area contributed by atoms with Gasteiger partial charge < -0.3 is 4.57 Å². The van der Waals surface area contributed by atoms with Crippen LogP contribution in [-0.4, -0.2) is 29.7 Å². The lowest BCUT2D eigenvalue weighted by atomic mass is 10.4. The maximum absolute atomic E-state index is 12.5. The van der Waals surface area contributed by atoms with E-state index in [-0.39, 0.29) is 0 Å². The molecule has 0 saturated carbocycles. The lowest BCUT2D eigenvalue weighted by Crippen LogP contribution is -2.10. The van der Waals surface area contributed by atoms with Gasteiger partial charge in [0.05, 0.1) is 7.14 Å². The molecule has 0 aliphatic rings. The number of hydrogen-bond donors (Lipinski definition) is 0. The molecule has 0 aromatic carbocycles. The topological polar surface area (TPSA) is 17.1 Å². The minimum Gasteiger partial charge on any atom is -0.323 e. The second-order valence-corrected chi connectivity index (χ2v) is 8.18. The van der Waals surface area contributed by atoms with Gasteiger partial charge in [0.1, 0.15) is 0 Å². The normalized spacial score (nSPS) is 14.3. The van der Waals surface area contributed by atoms with Crippen LogP contribution in [0.15, 0.2) is 0 Å². The maximum Gasteiger partial charge on any atom is 0.0904 e. The number of rotatable bonds is 8. The summed E-state index contributed by atoms with van der Waals surface area (Å²) in [5, 5.41) is 0. The van der Waals surface area contributed by atoms with Crippen LogP contribution in [0.1, 0.15) is 33.1 Å². The number of hydrogen-bond acceptors (Lipinski definition) is 1. The van der Waals surface area contributed by atoms with Crippen molar-refractivity contribution in [1.29, 1.82) is 0 Å². The summed E-state index contributed by atoms with van der Waals surface area (Å²) in [4.78, 5) is 0. The lowest BCUT2D eigenvalue weighted by Gasteiger charge is -2.23. The van der Waals surface area contributed by atoms with E-state index in [9.17, 15) is 4.57 Å². The SMILES string of the molecule is CCC(C)P(=O)(CCCCl)CCCCl. The van der Waals surface area contributed by atoms with Crippen molar-refractivity contribution in [3.05, 3.63) is 0 Å². The van der Waals surface area contributed by atoms with Gasteiger partial charge in [-0.1, -0.05) is 13.8 Å². The molecule has 0 spiro atoms. The first kappa shape index (κ1) is 14.8. The first-order valence-corrected chi connectivity index (χ1v) is 8.52. The molecular weight excluding hydrogens is 238 g/mol. The Labute approximate surface area is 97.9 Å². The van der Waals surface area contributed by atoms with Gasteiger partial charge in [-0.2, -0.15) is 0 Å². The van der Waals surface area contributed by atoms with Gasteiger partial charge in [0.25, 0.3) is 0 Å². The fourth-order valence-electron chi connectivity index (χ4n) is 1.54. The van der Waals surface area contributed by atoms with Crippen molar-refractivity contribution in [3.8, 4) is 0 Å². The Morgan fingerprint density at radius 3 is 1.86 bits per heavy atom. The highest BCUT2D eigenvalue weighted by Crippen LogP contribution is 2.52. The quantitative estimate of drug-likeness (QED) is 0.466. The van der Waals surface area contributed by atoms with Crippen LogP contribution in [0.2, 0.25) is 0 Å². The third kappa shape index (κ3) is 5.05. The highest BCUT2D eigenvalue weighted by atomic mass is 35.5. The van der Waals surface area contributed by atoms with Crippen LogP contribution < -0.4 is 0 Å². The van der Waals surface area contributed by atoms with Gasteiger partial charge in [-0.3, -0.25) is 0 Å². The van der Waals surface area contributed by atoms with E-state index in [1.807, 2.05) is 0 Å². The summed E-state index contributed by atoms with van der Waals surface area (Å²) < 4.78 is 12.5. The zero-order chi connectivity index (χ0) is 11.0. The zero-order valence-corrected chi connectivity index (χ0v) is 11.5. The fourth-order valence-corrected chi connectivity index (χ4v) is 5.34. The molecule has 0 aromatic heterocycles. The third-order valence-electron chi connectivity index (χ3n) is 2.73. The van der Waals surface area contributed by atoms with Gasteiger partial charge >= 0.3 is 0 Å². The van der Waals surface area contributed by atoms with Crippen LogP contribution in [0.3, 0.4) is 0 Å². The molecule has 0 aromatic rings. The van der Waals surface area contributed by atoms with E-state index in [0.717, 1.165) is 31.6 Å². The van der Waals surface area contributed by atoms with Gasteiger partial charge in [0.2, 0.25) is 0 Å². The van der Waals surface area contributed by atoms with Gasteiger partial charge in [-0.05, 0) is 19.3 Å². The summed E-state index contributed by atoms with van der Waals surface area (Å²) in [6.07, 6.45) is 4.31. The molecule has 0 saturated heterocycles. The van der Waals surface area contributed by atoms with E-state index in [1.54, 1.807) is 0 Å². The Bertz CT molecular complexity index is 173. The van der Waals surface area contributed by atoms with Gasteiger partial charge in [-0.25, -0.2) is 0 Å². The van der Waals surface area contributed by atoms with E-state index >= 15 is 0 Å². The van der Waals surface area contributed by atoms with Gasteiger partial charge in [0.15, 0.2) is 0 Å². The van der Waals surface area contributed by atoms with Crippen molar-refractivity contribution in [1.82, 2.24) is 0 Å². The molecule has 0 fully saturated rings. The van der Waals surface area contributed by atoms with Crippen LogP contribution in [0.5, 0.6) is 0 Å². The van der Waals surface area contributed by atoms with Crippen LogP contribution in [0.4, 0.5) is 0 Å². The van der Waals surface area contributed by atoms with Crippen molar-refractivity contribution in [2.75, 3.05) is 24.1 Å². The Kier molecular flexibility index (Phi) is 8.48. The van der Waals surface area contributed by atoms with E-state index < -0.39 is 7.14 Å². The minimum atomic E-state index is -2.01. The molecule has 0 aliphatic heterocycles. The monoisotopic (exact) mass is 258 g/mol. The summed E-state index contributed by atoms with van der Waals surface area (Å²) in [5.41, 5.74) is 0.328. The zero-order valence-electron chi connectivity index (χ0n) is 9.14. The molecule has 0 heterocycles. The minimum absolute atomic E-state index is 0.328. The van der Waals surface area contributed by atoms with Crippen LogP contribution in [0.25, 0.3) is 0 Å². The largest absolute Gasteiger partial charge is 0.323 e. The molecule has 0 radical (unpaired) electrons. The van der Waals surface area contributed by atoms with E-state index in [0.29, 0.717) is 17.4 Å². The van der Waals surface area contributed by atoms with Gasteiger partial charge in [-0.15, -0.1) is 23.2 Å². The molecule has 4 heteroatoms. The fraction of sp³-hybridized carbons (Fsp3) is 1.00. The molecule has 0 amide bonds. The maximum atomic E-state index is 12.5. The summed E-state index contributed by atoms with van der Waals surface area (Å²) in [6, 6.07) is 0. The first-order valence-electron chi connectivity index (χ1n) is 5.30. The average molecular weight is 259 g/mol. The molecule has 0 bridgehead atoms. The lowest BCUT2D eigenvalue weighted by molar-refractivity contribution is 0.561. The summed E-state index contributed by atoms with van der Waals surface area (Å²) in [5.74, 6) is 1.22. The van der Waals surface area contributed by atoms with E-state index in [4.69, 9.17) is 23.2 Å². The predicted octanol–water partition coefficient (Wildman–Crippen LogP) is 4.41. The third-order valence-corrected chi connectivity index (χ3v) is 7.39. The van der Waals surface area contributed by atoms with Crippen LogP contribution >= 0.6 is 30.3 Å². The Morgan fingerprint density at radius 2 is 1.57 bits per heavy atom. The second-order valence-electron chi connectivity index (χ2n) is 3.74. The van der Waals surface area contributed by atoms with Crippen molar-refractivity contribution in [2.24, 2.45) is 0 Å². The summed E-state index contributed by atoms with van der Waals surface area (Å²) in [7, 11) is -2.01. The Balaban J connectivity index is 4.25. The molecule has 1 atom stereocenters. The van der Waals surface area contributed by atoms with Crippen LogP contribution in [-0.2, 0) is 4.57 Å². The predicted molar refractivity (Wildman–Crippen MR) is 67.8 cm³/mol. The van der Waals surface area contributed by atoms with Crippen molar-refractivity contribution >= 4 is 30.3 Å². The summed E-state index contributed by atoms with van der Waals surface area (Å²) >= 11 is 11.3. The first-order chi connectivity index (χ1) is 6.60. The highest BCUT2D eigenvalue weighted by Gasteiger charge is 2.26. The molecule has 1 unspecified atom stereocenters. The van der Waals surface area contributed by atoms with Crippen molar-refractivity contribution in [3.63, 3.8) is 0 Å². The molecule has 86 valence electrons. The molecule has 1 nitrogen and oxygen atoms in total. The number of alkyl halides is 2. The van der Waals surface area contributed by atoms with Crippen molar-refractivity contribution < 1.29 is 4.57 Å². The molecule has 0 N–H and O–H groups in total. The van der Waals surface area contributed by atoms with E-state index in [2.05, 4.69) is 13.8 Å². The molecular formula is C10H21Cl2OP. The standard InChI is InChI=1S/C10H21Cl2OP/c1-3-10(2)14(13,8-4-6-11)9-5-7-12/h10H,3-9H2,1-2H3. The van der Waals surface area contributed by atoms with E-state index in [1.165, 1.54) is 0 Å².